The number of aromatic nitrogens is 1. The summed E-state index contributed by atoms with van der Waals surface area (Å²) in [6.45, 7) is 4.04. The van der Waals surface area contributed by atoms with Gasteiger partial charge < -0.3 is 25.2 Å². The fourth-order valence-electron chi connectivity index (χ4n) is 3.33. The molecule has 10 heteroatoms. The van der Waals surface area contributed by atoms with Crippen LogP contribution in [-0.4, -0.2) is 98.5 Å². The van der Waals surface area contributed by atoms with Crippen LogP contribution in [0.3, 0.4) is 0 Å². The van der Waals surface area contributed by atoms with Crippen LogP contribution in [0.5, 0.6) is 0 Å². The lowest BCUT2D eigenvalue weighted by atomic mass is 9.99. The molecule has 1 fully saturated rings. The zero-order valence-electron chi connectivity index (χ0n) is 17.1. The van der Waals surface area contributed by atoms with E-state index in [0.29, 0.717) is 81.3 Å². The smallest absolute Gasteiger partial charge is 0.272 e. The summed E-state index contributed by atoms with van der Waals surface area (Å²) in [5.74, 6) is -0.738. The molecule has 0 radical (unpaired) electrons. The van der Waals surface area contributed by atoms with Crippen LogP contribution in [0.15, 0.2) is 6.07 Å². The molecule has 1 aliphatic heterocycles. The van der Waals surface area contributed by atoms with Crippen molar-refractivity contribution >= 4 is 24.2 Å². The number of hydrogen-bond acceptors (Lipinski definition) is 7. The lowest BCUT2D eigenvalue weighted by Gasteiger charge is -2.34. The Kier molecular flexibility index (Phi) is 11.1. The number of amides is 2. The van der Waals surface area contributed by atoms with Gasteiger partial charge in [0.1, 0.15) is 5.69 Å². The summed E-state index contributed by atoms with van der Waals surface area (Å²) >= 11 is 0. The first-order chi connectivity index (χ1) is 13.5. The lowest BCUT2D eigenvalue weighted by molar-refractivity contribution is 0.0608. The third-order valence-electron chi connectivity index (χ3n) is 4.84. The minimum Gasteiger partial charge on any atom is -0.395 e. The van der Waals surface area contributed by atoms with Crippen molar-refractivity contribution in [1.82, 2.24) is 14.8 Å². The van der Waals surface area contributed by atoms with E-state index in [9.17, 15) is 9.59 Å². The first kappa shape index (κ1) is 25.3. The van der Waals surface area contributed by atoms with Crippen LogP contribution >= 0.6 is 12.4 Å². The summed E-state index contributed by atoms with van der Waals surface area (Å²) in [5, 5.41) is 9.05. The monoisotopic (exact) mass is 430 g/mol. The highest BCUT2D eigenvalue weighted by molar-refractivity contribution is 5.98. The molecule has 1 aliphatic rings. The topological polar surface area (TPSA) is 118 Å². The van der Waals surface area contributed by atoms with Crippen molar-refractivity contribution in [2.24, 2.45) is 5.73 Å². The SMILES string of the molecule is COCCc1cc(C(=O)N2CCN(CCO)CC2)nc(CCOC)c1C(N)=O.Cl. The molecule has 164 valence electrons. The molecular weight excluding hydrogens is 400 g/mol. The number of carbonyl (C=O) groups is 2. The van der Waals surface area contributed by atoms with E-state index in [0.717, 1.165) is 0 Å². The van der Waals surface area contributed by atoms with Crippen LogP contribution in [0.2, 0.25) is 0 Å². The molecule has 1 aromatic rings. The number of rotatable bonds is 10. The minimum atomic E-state index is -0.568. The van der Waals surface area contributed by atoms with Crippen molar-refractivity contribution in [2.45, 2.75) is 12.8 Å². The Labute approximate surface area is 177 Å². The largest absolute Gasteiger partial charge is 0.395 e. The molecule has 0 atom stereocenters. The van der Waals surface area contributed by atoms with Crippen LogP contribution in [-0.2, 0) is 22.3 Å². The van der Waals surface area contributed by atoms with Gasteiger partial charge in [-0.05, 0) is 18.1 Å². The van der Waals surface area contributed by atoms with E-state index in [1.807, 2.05) is 0 Å². The van der Waals surface area contributed by atoms with E-state index >= 15 is 0 Å². The Morgan fingerprint density at radius 1 is 1.14 bits per heavy atom. The number of piperazine rings is 1. The second-order valence-electron chi connectivity index (χ2n) is 6.70. The van der Waals surface area contributed by atoms with Crippen LogP contribution in [0, 0.1) is 0 Å². The number of nitrogens with zero attached hydrogens (tertiary/aromatic N) is 3. The Morgan fingerprint density at radius 3 is 2.31 bits per heavy atom. The molecule has 0 bridgehead atoms. The molecule has 0 saturated carbocycles. The van der Waals surface area contributed by atoms with E-state index in [1.54, 1.807) is 25.2 Å². The zero-order chi connectivity index (χ0) is 20.5. The molecule has 3 N–H and O–H groups in total. The number of halogens is 1. The number of ether oxygens (including phenoxy) is 2. The summed E-state index contributed by atoms with van der Waals surface area (Å²) in [6.07, 6.45) is 0.849. The summed E-state index contributed by atoms with van der Waals surface area (Å²) in [5.41, 5.74) is 7.38. The van der Waals surface area contributed by atoms with Crippen molar-refractivity contribution in [3.63, 3.8) is 0 Å². The van der Waals surface area contributed by atoms with Crippen LogP contribution in [0.25, 0.3) is 0 Å². The normalized spacial score (nSPS) is 14.5. The quantitative estimate of drug-likeness (QED) is 0.524. The summed E-state index contributed by atoms with van der Waals surface area (Å²) in [6, 6.07) is 1.65. The number of primary amides is 1. The first-order valence-corrected chi connectivity index (χ1v) is 9.44. The second-order valence-corrected chi connectivity index (χ2v) is 6.70. The average Bonchev–Trinajstić information content (AvgIpc) is 2.70. The minimum absolute atomic E-state index is 0. The summed E-state index contributed by atoms with van der Waals surface area (Å²) < 4.78 is 10.2. The zero-order valence-corrected chi connectivity index (χ0v) is 17.9. The first-order valence-electron chi connectivity index (χ1n) is 9.44. The highest BCUT2D eigenvalue weighted by Crippen LogP contribution is 2.18. The second kappa shape index (κ2) is 12.7. The standard InChI is InChI=1S/C19H30N4O5.ClH/c1-27-11-3-14-13-16(21-15(4-12-28-2)17(14)18(20)25)19(26)23-7-5-22(6-8-23)9-10-24;/h13,24H,3-12H2,1-2H3,(H2,20,25);1H. The molecule has 0 aromatic carbocycles. The number of methoxy groups -OCH3 is 2. The molecule has 0 spiro atoms. The third-order valence-corrected chi connectivity index (χ3v) is 4.84. The third kappa shape index (κ3) is 6.90. The maximum atomic E-state index is 13.0. The van der Waals surface area contributed by atoms with Crippen molar-refractivity contribution in [2.75, 3.05) is 66.8 Å². The van der Waals surface area contributed by atoms with Gasteiger partial charge in [-0.25, -0.2) is 4.98 Å². The predicted octanol–water partition coefficient (Wildman–Crippen LogP) is -0.270. The number of carbonyl (C=O) groups excluding carboxylic acids is 2. The van der Waals surface area contributed by atoms with Gasteiger partial charge in [-0.2, -0.15) is 0 Å². The molecule has 1 aromatic heterocycles. The molecule has 2 amide bonds. The van der Waals surface area contributed by atoms with E-state index in [1.165, 1.54) is 0 Å². The van der Waals surface area contributed by atoms with Crippen molar-refractivity contribution in [3.05, 3.63) is 28.6 Å². The number of β-amino-alcohol motifs (C(OH)–C–C–N with tert-alkyl or cyclic N) is 1. The summed E-state index contributed by atoms with van der Waals surface area (Å²) in [7, 11) is 3.14. The highest BCUT2D eigenvalue weighted by Gasteiger charge is 2.25. The van der Waals surface area contributed by atoms with Gasteiger partial charge in [0.25, 0.3) is 11.8 Å². The van der Waals surface area contributed by atoms with Gasteiger partial charge in [0, 0.05) is 53.4 Å². The molecule has 2 heterocycles. The fourth-order valence-corrected chi connectivity index (χ4v) is 3.33. The maximum absolute atomic E-state index is 13.0. The van der Waals surface area contributed by atoms with Crippen LogP contribution < -0.4 is 5.73 Å². The van der Waals surface area contributed by atoms with E-state index in [-0.39, 0.29) is 24.9 Å². The lowest BCUT2D eigenvalue weighted by Crippen LogP contribution is -2.49. The number of nitrogens with two attached hydrogens (primary N) is 1. The van der Waals surface area contributed by atoms with Crippen LogP contribution in [0.1, 0.15) is 32.1 Å². The Bertz CT molecular complexity index is 652. The van der Waals surface area contributed by atoms with E-state index < -0.39 is 5.91 Å². The van der Waals surface area contributed by atoms with Gasteiger partial charge in [0.2, 0.25) is 0 Å². The molecule has 29 heavy (non-hydrogen) atoms. The predicted molar refractivity (Wildman–Crippen MR) is 111 cm³/mol. The molecule has 2 rings (SSSR count). The van der Waals surface area contributed by atoms with E-state index in [4.69, 9.17) is 20.3 Å². The van der Waals surface area contributed by atoms with E-state index in [2.05, 4.69) is 9.88 Å². The number of aliphatic hydroxyl groups is 1. The number of hydrogen-bond donors (Lipinski definition) is 2. The van der Waals surface area contributed by atoms with Gasteiger partial charge >= 0.3 is 0 Å². The van der Waals surface area contributed by atoms with Crippen LogP contribution in [0.4, 0.5) is 0 Å². The molecule has 0 unspecified atom stereocenters. The van der Waals surface area contributed by atoms with Gasteiger partial charge in [-0.3, -0.25) is 14.5 Å². The van der Waals surface area contributed by atoms with Gasteiger partial charge in [-0.1, -0.05) is 0 Å². The molecule has 0 aliphatic carbocycles. The molecular formula is C19H31ClN4O5. The Hall–Kier alpha value is -1.78. The van der Waals surface area contributed by atoms with Crippen molar-refractivity contribution in [1.29, 1.82) is 0 Å². The average molecular weight is 431 g/mol. The number of pyridine rings is 1. The highest BCUT2D eigenvalue weighted by atomic mass is 35.5. The van der Waals surface area contributed by atoms with Crippen molar-refractivity contribution in [3.8, 4) is 0 Å². The Balaban J connectivity index is 0.00000420. The maximum Gasteiger partial charge on any atom is 0.272 e. The summed E-state index contributed by atoms with van der Waals surface area (Å²) in [4.78, 5) is 33.4. The van der Waals surface area contributed by atoms with Gasteiger partial charge in [0.05, 0.1) is 31.1 Å². The van der Waals surface area contributed by atoms with Gasteiger partial charge in [0.15, 0.2) is 0 Å². The Morgan fingerprint density at radius 2 is 1.76 bits per heavy atom. The fraction of sp³-hybridized carbons (Fsp3) is 0.632. The number of aliphatic hydroxyl groups excluding tert-OH is 1. The molecule has 1 saturated heterocycles. The van der Waals surface area contributed by atoms with Gasteiger partial charge in [-0.15, -0.1) is 12.4 Å². The van der Waals surface area contributed by atoms with Crippen molar-refractivity contribution < 1.29 is 24.2 Å². The molecule has 9 nitrogen and oxygen atoms in total.